The SMILES string of the molecule is Nc1c(Cl)cccc1-c1nnnn1CCCOCC1CC1. The summed E-state index contributed by atoms with van der Waals surface area (Å²) in [5.74, 6) is 1.43. The minimum atomic E-state index is 0.500. The first-order valence-corrected chi connectivity index (χ1v) is 7.52. The average Bonchev–Trinajstić information content (AvgIpc) is 3.19. The highest BCUT2D eigenvalue weighted by molar-refractivity contribution is 6.33. The number of hydrogen-bond acceptors (Lipinski definition) is 5. The number of aromatic nitrogens is 4. The molecular formula is C14H18ClN5O. The summed E-state index contributed by atoms with van der Waals surface area (Å²) in [4.78, 5) is 0. The molecule has 21 heavy (non-hydrogen) atoms. The molecule has 0 saturated heterocycles. The molecule has 0 radical (unpaired) electrons. The number of ether oxygens (including phenoxy) is 1. The first-order valence-electron chi connectivity index (χ1n) is 7.14. The van der Waals surface area contributed by atoms with Crippen LogP contribution in [0.4, 0.5) is 5.69 Å². The lowest BCUT2D eigenvalue weighted by Crippen LogP contribution is -2.08. The Kier molecular flexibility index (Phi) is 4.36. The van der Waals surface area contributed by atoms with Gasteiger partial charge >= 0.3 is 0 Å². The van der Waals surface area contributed by atoms with Crippen LogP contribution in [-0.2, 0) is 11.3 Å². The smallest absolute Gasteiger partial charge is 0.184 e. The molecule has 1 fully saturated rings. The van der Waals surface area contributed by atoms with Gasteiger partial charge in [-0.2, -0.15) is 0 Å². The van der Waals surface area contributed by atoms with Crippen LogP contribution < -0.4 is 5.73 Å². The van der Waals surface area contributed by atoms with Crippen molar-refractivity contribution in [3.63, 3.8) is 0 Å². The van der Waals surface area contributed by atoms with Crippen molar-refractivity contribution in [1.82, 2.24) is 20.2 Å². The van der Waals surface area contributed by atoms with Gasteiger partial charge in [0, 0.05) is 25.3 Å². The van der Waals surface area contributed by atoms with E-state index in [9.17, 15) is 0 Å². The molecule has 1 aliphatic rings. The van der Waals surface area contributed by atoms with Crippen LogP contribution in [0.25, 0.3) is 11.4 Å². The summed E-state index contributed by atoms with van der Waals surface area (Å²) in [6.45, 7) is 2.30. The van der Waals surface area contributed by atoms with Crippen LogP contribution in [0.1, 0.15) is 19.3 Å². The van der Waals surface area contributed by atoms with Crippen molar-refractivity contribution in [2.24, 2.45) is 5.92 Å². The monoisotopic (exact) mass is 307 g/mol. The normalized spacial score (nSPS) is 14.5. The van der Waals surface area contributed by atoms with Gasteiger partial charge < -0.3 is 10.5 Å². The first-order chi connectivity index (χ1) is 10.3. The van der Waals surface area contributed by atoms with Gasteiger partial charge in [-0.25, -0.2) is 4.68 Å². The van der Waals surface area contributed by atoms with E-state index in [1.165, 1.54) is 12.8 Å². The molecule has 1 aromatic carbocycles. The Morgan fingerprint density at radius 3 is 3.05 bits per heavy atom. The molecule has 2 N–H and O–H groups in total. The van der Waals surface area contributed by atoms with Crippen LogP contribution in [0.5, 0.6) is 0 Å². The molecule has 3 rings (SSSR count). The Morgan fingerprint density at radius 1 is 1.38 bits per heavy atom. The van der Waals surface area contributed by atoms with Gasteiger partial charge in [0.15, 0.2) is 5.82 Å². The summed E-state index contributed by atoms with van der Waals surface area (Å²) in [6, 6.07) is 5.46. The molecule has 7 heteroatoms. The number of benzene rings is 1. The lowest BCUT2D eigenvalue weighted by Gasteiger charge is -2.08. The third kappa shape index (κ3) is 3.51. The molecule has 1 saturated carbocycles. The third-order valence-electron chi connectivity index (χ3n) is 3.53. The minimum absolute atomic E-state index is 0.500. The van der Waals surface area contributed by atoms with Crippen molar-refractivity contribution in [2.75, 3.05) is 18.9 Å². The van der Waals surface area contributed by atoms with Crippen molar-refractivity contribution in [2.45, 2.75) is 25.8 Å². The second kappa shape index (κ2) is 6.41. The summed E-state index contributed by atoms with van der Waals surface area (Å²) in [6.07, 6.45) is 3.49. The molecule has 2 aromatic rings. The molecule has 0 aliphatic heterocycles. The predicted octanol–water partition coefficient (Wildman–Crippen LogP) is 2.39. The lowest BCUT2D eigenvalue weighted by atomic mass is 10.1. The van der Waals surface area contributed by atoms with Crippen molar-refractivity contribution < 1.29 is 4.74 Å². The quantitative estimate of drug-likeness (QED) is 0.627. The first kappa shape index (κ1) is 14.3. The molecule has 1 aromatic heterocycles. The maximum absolute atomic E-state index is 6.04. The van der Waals surface area contributed by atoms with Crippen molar-refractivity contribution in [1.29, 1.82) is 0 Å². The average molecular weight is 308 g/mol. The highest BCUT2D eigenvalue weighted by atomic mass is 35.5. The van der Waals surface area contributed by atoms with Gasteiger partial charge in [0.25, 0.3) is 0 Å². The standard InChI is InChI=1S/C14H18ClN5O/c15-12-4-1-3-11(13(12)16)14-17-18-19-20(14)7-2-8-21-9-10-5-6-10/h1,3-4,10H,2,5-9,16H2. The van der Waals surface area contributed by atoms with E-state index in [-0.39, 0.29) is 0 Å². The Bertz CT molecular complexity index is 611. The van der Waals surface area contributed by atoms with E-state index in [0.29, 0.717) is 23.1 Å². The maximum atomic E-state index is 6.04. The van der Waals surface area contributed by atoms with E-state index in [1.807, 2.05) is 12.1 Å². The largest absolute Gasteiger partial charge is 0.397 e. The molecule has 0 amide bonds. The van der Waals surface area contributed by atoms with Crippen molar-refractivity contribution in [3.8, 4) is 11.4 Å². The summed E-state index contributed by atoms with van der Waals surface area (Å²) < 4.78 is 7.36. The summed E-state index contributed by atoms with van der Waals surface area (Å²) in [5, 5.41) is 12.3. The van der Waals surface area contributed by atoms with E-state index >= 15 is 0 Å². The fourth-order valence-electron chi connectivity index (χ4n) is 2.13. The molecule has 0 unspecified atom stereocenters. The van der Waals surface area contributed by atoms with Gasteiger partial charge in [0.05, 0.1) is 10.7 Å². The minimum Gasteiger partial charge on any atom is -0.397 e. The van der Waals surface area contributed by atoms with E-state index in [2.05, 4.69) is 15.5 Å². The number of halogens is 1. The fourth-order valence-corrected chi connectivity index (χ4v) is 2.31. The summed E-state index contributed by atoms with van der Waals surface area (Å²) in [5.41, 5.74) is 7.25. The van der Waals surface area contributed by atoms with Gasteiger partial charge in [-0.3, -0.25) is 0 Å². The number of nitrogen functional groups attached to an aromatic ring is 1. The predicted molar refractivity (Wildman–Crippen MR) is 80.8 cm³/mol. The van der Waals surface area contributed by atoms with Crippen molar-refractivity contribution >= 4 is 17.3 Å². The highest BCUT2D eigenvalue weighted by Crippen LogP contribution is 2.30. The molecule has 6 nitrogen and oxygen atoms in total. The topological polar surface area (TPSA) is 78.9 Å². The van der Waals surface area contributed by atoms with E-state index in [0.717, 1.165) is 31.1 Å². The highest BCUT2D eigenvalue weighted by Gasteiger charge is 2.21. The Balaban J connectivity index is 1.61. The fraction of sp³-hybridized carbons (Fsp3) is 0.500. The maximum Gasteiger partial charge on any atom is 0.184 e. The number of aryl methyl sites for hydroxylation is 1. The number of nitrogens with two attached hydrogens (primary N) is 1. The number of hydrogen-bond donors (Lipinski definition) is 1. The zero-order chi connectivity index (χ0) is 14.7. The molecule has 1 aliphatic carbocycles. The molecule has 112 valence electrons. The Morgan fingerprint density at radius 2 is 2.24 bits per heavy atom. The number of para-hydroxylation sites is 1. The van der Waals surface area contributed by atoms with E-state index in [4.69, 9.17) is 22.1 Å². The molecule has 1 heterocycles. The number of rotatable bonds is 7. The van der Waals surface area contributed by atoms with Crippen LogP contribution in [0.3, 0.4) is 0 Å². The summed E-state index contributed by atoms with van der Waals surface area (Å²) in [7, 11) is 0. The second-order valence-corrected chi connectivity index (χ2v) is 5.71. The van der Waals surface area contributed by atoms with Crippen LogP contribution in [-0.4, -0.2) is 33.4 Å². The van der Waals surface area contributed by atoms with E-state index < -0.39 is 0 Å². The van der Waals surface area contributed by atoms with Crippen LogP contribution in [0.2, 0.25) is 5.02 Å². The molecule has 0 spiro atoms. The zero-order valence-electron chi connectivity index (χ0n) is 11.7. The van der Waals surface area contributed by atoms with Crippen LogP contribution >= 0.6 is 11.6 Å². The second-order valence-electron chi connectivity index (χ2n) is 5.30. The van der Waals surface area contributed by atoms with Gasteiger partial charge in [-0.05, 0) is 47.7 Å². The third-order valence-corrected chi connectivity index (χ3v) is 3.86. The van der Waals surface area contributed by atoms with Crippen molar-refractivity contribution in [3.05, 3.63) is 23.2 Å². The lowest BCUT2D eigenvalue weighted by molar-refractivity contribution is 0.118. The number of nitrogens with zero attached hydrogens (tertiary/aromatic N) is 4. The van der Waals surface area contributed by atoms with Crippen LogP contribution in [0, 0.1) is 5.92 Å². The summed E-state index contributed by atoms with van der Waals surface area (Å²) >= 11 is 6.04. The Labute approximate surface area is 128 Å². The number of tetrazole rings is 1. The number of anilines is 1. The Hall–Kier alpha value is -1.66. The van der Waals surface area contributed by atoms with Gasteiger partial charge in [-0.15, -0.1) is 5.10 Å². The molecule has 0 atom stereocenters. The molecular weight excluding hydrogens is 290 g/mol. The molecule has 0 bridgehead atoms. The van der Waals surface area contributed by atoms with Gasteiger partial charge in [0.1, 0.15) is 0 Å². The zero-order valence-corrected chi connectivity index (χ0v) is 12.5. The van der Waals surface area contributed by atoms with E-state index in [1.54, 1.807) is 10.7 Å². The van der Waals surface area contributed by atoms with Gasteiger partial charge in [0.2, 0.25) is 0 Å². The van der Waals surface area contributed by atoms with Crippen LogP contribution in [0.15, 0.2) is 18.2 Å². The van der Waals surface area contributed by atoms with Gasteiger partial charge in [-0.1, -0.05) is 17.7 Å².